The molecule has 1 atom stereocenters. The number of hydrogen-bond acceptors (Lipinski definition) is 6. The molecule has 27 heavy (non-hydrogen) atoms. The molecular weight excluding hydrogens is 346 g/mol. The molecule has 2 aliphatic heterocycles. The summed E-state index contributed by atoms with van der Waals surface area (Å²) in [6.45, 7) is 8.12. The van der Waals surface area contributed by atoms with E-state index in [0.717, 1.165) is 57.8 Å². The average Bonchev–Trinajstić information content (AvgIpc) is 2.72. The number of nitrogens with one attached hydrogen (secondary N) is 1. The summed E-state index contributed by atoms with van der Waals surface area (Å²) in [6, 6.07) is 0. The molecule has 8 heteroatoms. The molecule has 2 aliphatic rings. The summed E-state index contributed by atoms with van der Waals surface area (Å²) in [5.41, 5.74) is 1.12. The first-order valence-electron chi connectivity index (χ1n) is 9.79. The Balaban J connectivity index is 1.42. The predicted molar refractivity (Wildman–Crippen MR) is 100 cm³/mol. The van der Waals surface area contributed by atoms with Crippen molar-refractivity contribution in [3.05, 3.63) is 23.8 Å². The second-order valence-electron chi connectivity index (χ2n) is 7.23. The fraction of sp³-hybridized carbons (Fsp3) is 0.684. The Bertz CT molecular complexity index is 631. The molecule has 1 N–H and O–H groups in total. The zero-order valence-electron chi connectivity index (χ0n) is 16.0. The molecule has 0 aliphatic carbocycles. The van der Waals surface area contributed by atoms with E-state index in [4.69, 9.17) is 4.74 Å². The molecule has 0 saturated carbocycles. The molecule has 8 nitrogen and oxygen atoms in total. The van der Waals surface area contributed by atoms with Crippen LogP contribution in [0.5, 0.6) is 0 Å². The second kappa shape index (κ2) is 9.75. The lowest BCUT2D eigenvalue weighted by molar-refractivity contribution is -0.126. The van der Waals surface area contributed by atoms with E-state index < -0.39 is 0 Å². The molecule has 1 aromatic heterocycles. The van der Waals surface area contributed by atoms with Crippen LogP contribution in [0.15, 0.2) is 12.4 Å². The van der Waals surface area contributed by atoms with Crippen molar-refractivity contribution in [2.75, 3.05) is 52.5 Å². The highest BCUT2D eigenvalue weighted by atomic mass is 16.5. The summed E-state index contributed by atoms with van der Waals surface area (Å²) in [4.78, 5) is 37.5. The minimum absolute atomic E-state index is 0.0458. The van der Waals surface area contributed by atoms with Gasteiger partial charge in [-0.2, -0.15) is 0 Å². The number of aromatic nitrogens is 2. The summed E-state index contributed by atoms with van der Waals surface area (Å²) in [5.74, 6) is -0.249. The van der Waals surface area contributed by atoms with Crippen LogP contribution in [0.4, 0.5) is 0 Å². The van der Waals surface area contributed by atoms with Crippen molar-refractivity contribution >= 4 is 11.8 Å². The van der Waals surface area contributed by atoms with Crippen LogP contribution in [0.2, 0.25) is 0 Å². The number of nitrogens with zero attached hydrogens (tertiary/aromatic N) is 4. The van der Waals surface area contributed by atoms with Crippen LogP contribution in [-0.2, 0) is 9.53 Å². The van der Waals surface area contributed by atoms with Crippen molar-refractivity contribution < 1.29 is 14.3 Å². The lowest BCUT2D eigenvalue weighted by Crippen LogP contribution is -2.46. The number of piperidine rings is 1. The van der Waals surface area contributed by atoms with Gasteiger partial charge in [0.25, 0.3) is 5.91 Å². The van der Waals surface area contributed by atoms with Crippen molar-refractivity contribution in [2.24, 2.45) is 5.92 Å². The monoisotopic (exact) mass is 375 g/mol. The van der Waals surface area contributed by atoms with Crippen LogP contribution in [0.25, 0.3) is 0 Å². The Labute approximate surface area is 160 Å². The minimum atomic E-state index is -0.149. The van der Waals surface area contributed by atoms with Crippen LogP contribution >= 0.6 is 0 Å². The standard InChI is InChI=1S/C19H29N5O3/c1-15-12-22-17(13-21-15)19(26)24-7-2-4-16(14-24)18(25)20-5-3-6-23-8-10-27-11-9-23/h12-13,16H,2-11,14H2,1H3,(H,20,25). The smallest absolute Gasteiger partial charge is 0.274 e. The summed E-state index contributed by atoms with van der Waals surface area (Å²) >= 11 is 0. The Morgan fingerprint density at radius 1 is 1.22 bits per heavy atom. The SMILES string of the molecule is Cc1cnc(C(=O)N2CCCC(C(=O)NCCCN3CCOCC3)C2)cn1. The number of rotatable bonds is 6. The van der Waals surface area contributed by atoms with Gasteiger partial charge < -0.3 is 15.0 Å². The van der Waals surface area contributed by atoms with Crippen LogP contribution in [-0.4, -0.2) is 84.1 Å². The third kappa shape index (κ3) is 5.71. The van der Waals surface area contributed by atoms with Gasteiger partial charge in [-0.3, -0.25) is 19.5 Å². The van der Waals surface area contributed by atoms with E-state index in [1.54, 1.807) is 11.1 Å². The Hall–Kier alpha value is -2.06. The van der Waals surface area contributed by atoms with E-state index >= 15 is 0 Å². The highest BCUT2D eigenvalue weighted by molar-refractivity contribution is 5.92. The number of aryl methyl sites for hydroxylation is 1. The molecule has 0 spiro atoms. The van der Waals surface area contributed by atoms with Gasteiger partial charge in [-0.25, -0.2) is 4.98 Å². The summed E-state index contributed by atoms with van der Waals surface area (Å²) in [7, 11) is 0. The molecule has 3 heterocycles. The Morgan fingerprint density at radius 3 is 2.78 bits per heavy atom. The number of ether oxygens (including phenoxy) is 1. The molecule has 148 valence electrons. The van der Waals surface area contributed by atoms with Gasteiger partial charge in [0.05, 0.1) is 31.0 Å². The average molecular weight is 375 g/mol. The summed E-state index contributed by atoms with van der Waals surface area (Å²) in [5, 5.41) is 3.04. The summed E-state index contributed by atoms with van der Waals surface area (Å²) in [6.07, 6.45) is 5.68. The number of amides is 2. The number of morpholine rings is 1. The van der Waals surface area contributed by atoms with Gasteiger partial charge in [0.15, 0.2) is 0 Å². The van der Waals surface area contributed by atoms with Crippen LogP contribution in [0.3, 0.4) is 0 Å². The fourth-order valence-electron chi connectivity index (χ4n) is 3.52. The van der Waals surface area contributed by atoms with E-state index in [-0.39, 0.29) is 17.7 Å². The second-order valence-corrected chi connectivity index (χ2v) is 7.23. The van der Waals surface area contributed by atoms with E-state index in [2.05, 4.69) is 20.2 Å². The lowest BCUT2D eigenvalue weighted by atomic mass is 9.97. The van der Waals surface area contributed by atoms with Crippen molar-refractivity contribution in [1.82, 2.24) is 25.1 Å². The quantitative estimate of drug-likeness (QED) is 0.728. The van der Waals surface area contributed by atoms with Gasteiger partial charge in [-0.1, -0.05) is 0 Å². The van der Waals surface area contributed by atoms with Gasteiger partial charge >= 0.3 is 0 Å². The molecule has 3 rings (SSSR count). The first kappa shape index (κ1) is 19.7. The number of carbonyl (C=O) groups is 2. The zero-order valence-corrected chi connectivity index (χ0v) is 16.0. The van der Waals surface area contributed by atoms with Crippen molar-refractivity contribution in [1.29, 1.82) is 0 Å². The zero-order chi connectivity index (χ0) is 19.1. The van der Waals surface area contributed by atoms with E-state index in [1.807, 2.05) is 6.92 Å². The van der Waals surface area contributed by atoms with Crippen LogP contribution in [0.1, 0.15) is 35.4 Å². The van der Waals surface area contributed by atoms with Gasteiger partial charge in [0.2, 0.25) is 5.91 Å². The third-order valence-electron chi connectivity index (χ3n) is 5.13. The number of carbonyl (C=O) groups excluding carboxylic acids is 2. The molecule has 2 fully saturated rings. The first-order chi connectivity index (χ1) is 13.1. The molecular formula is C19H29N5O3. The third-order valence-corrected chi connectivity index (χ3v) is 5.13. The maximum Gasteiger partial charge on any atom is 0.274 e. The first-order valence-corrected chi connectivity index (χ1v) is 9.79. The molecule has 0 aromatic carbocycles. The normalized spacial score (nSPS) is 21.1. The maximum atomic E-state index is 12.6. The van der Waals surface area contributed by atoms with Gasteiger partial charge in [-0.15, -0.1) is 0 Å². The Morgan fingerprint density at radius 2 is 2.04 bits per heavy atom. The predicted octanol–water partition coefficient (Wildman–Crippen LogP) is 0.476. The highest BCUT2D eigenvalue weighted by Crippen LogP contribution is 2.18. The number of hydrogen-bond donors (Lipinski definition) is 1. The molecule has 1 unspecified atom stereocenters. The van der Waals surface area contributed by atoms with Gasteiger partial charge in [0, 0.05) is 38.9 Å². The molecule has 0 bridgehead atoms. The van der Waals surface area contributed by atoms with Gasteiger partial charge in [-0.05, 0) is 32.7 Å². The summed E-state index contributed by atoms with van der Waals surface area (Å²) < 4.78 is 5.34. The minimum Gasteiger partial charge on any atom is -0.379 e. The molecule has 2 saturated heterocycles. The molecule has 1 aromatic rings. The van der Waals surface area contributed by atoms with Crippen molar-refractivity contribution in [3.8, 4) is 0 Å². The fourth-order valence-corrected chi connectivity index (χ4v) is 3.52. The van der Waals surface area contributed by atoms with Crippen molar-refractivity contribution in [2.45, 2.75) is 26.2 Å². The lowest BCUT2D eigenvalue weighted by Gasteiger charge is -2.32. The highest BCUT2D eigenvalue weighted by Gasteiger charge is 2.29. The maximum absolute atomic E-state index is 12.6. The largest absolute Gasteiger partial charge is 0.379 e. The van der Waals surface area contributed by atoms with Crippen LogP contribution in [0, 0.1) is 12.8 Å². The number of likely N-dealkylation sites (tertiary alicyclic amines) is 1. The van der Waals surface area contributed by atoms with E-state index in [9.17, 15) is 9.59 Å². The van der Waals surface area contributed by atoms with E-state index in [1.165, 1.54) is 6.20 Å². The topological polar surface area (TPSA) is 87.7 Å². The molecule has 0 radical (unpaired) electrons. The van der Waals surface area contributed by atoms with Gasteiger partial charge in [0.1, 0.15) is 5.69 Å². The van der Waals surface area contributed by atoms with Crippen molar-refractivity contribution in [3.63, 3.8) is 0 Å². The van der Waals surface area contributed by atoms with Crippen LogP contribution < -0.4 is 5.32 Å². The van der Waals surface area contributed by atoms with E-state index in [0.29, 0.717) is 25.3 Å². The molecule has 2 amide bonds. The Kier molecular flexibility index (Phi) is 7.11.